The van der Waals surface area contributed by atoms with E-state index in [-0.39, 0.29) is 16.8 Å². The number of allylic oxidation sites excluding steroid dienone is 2. The first-order valence-electron chi connectivity index (χ1n) is 11.7. The lowest BCUT2D eigenvalue weighted by atomic mass is 9.69. The summed E-state index contributed by atoms with van der Waals surface area (Å²) < 4.78 is 4.80. The molecule has 0 saturated carbocycles. The number of nitrogens with one attached hydrogen (secondary N) is 2. The van der Waals surface area contributed by atoms with E-state index in [1.54, 1.807) is 36.0 Å². The molecule has 0 saturated heterocycles. The lowest BCUT2D eigenvalue weighted by Crippen LogP contribution is -2.37. The van der Waals surface area contributed by atoms with Crippen LogP contribution in [0.2, 0.25) is 0 Å². The van der Waals surface area contributed by atoms with Crippen LogP contribution in [0.15, 0.2) is 45.5 Å². The predicted octanol–water partition coefficient (Wildman–Crippen LogP) is 5.04. The van der Waals surface area contributed by atoms with Gasteiger partial charge in [0.1, 0.15) is 5.82 Å². The van der Waals surface area contributed by atoms with Crippen molar-refractivity contribution in [3.05, 3.63) is 62.6 Å². The molecule has 0 spiro atoms. The number of H-pyrrole nitrogens is 1. The first-order chi connectivity index (χ1) is 16.2. The zero-order valence-electron chi connectivity index (χ0n) is 20.1. The number of ketones is 1. The molecule has 0 fully saturated rings. The fourth-order valence-electron chi connectivity index (χ4n) is 4.75. The Morgan fingerprint density at radius 2 is 1.91 bits per heavy atom. The molecule has 180 valence electrons. The number of rotatable bonds is 7. The molecule has 0 amide bonds. The van der Waals surface area contributed by atoms with Gasteiger partial charge < -0.3 is 15.0 Å². The van der Waals surface area contributed by atoms with Gasteiger partial charge in [-0.25, -0.2) is 9.78 Å². The van der Waals surface area contributed by atoms with E-state index in [2.05, 4.69) is 31.1 Å². The van der Waals surface area contributed by atoms with Crippen molar-refractivity contribution in [3.63, 3.8) is 0 Å². The Morgan fingerprint density at radius 1 is 1.18 bits per heavy atom. The summed E-state index contributed by atoms with van der Waals surface area (Å²) in [5.74, 6) is 0.443. The summed E-state index contributed by atoms with van der Waals surface area (Å²) in [5.41, 5.74) is 2.64. The average molecular weight is 482 g/mol. The van der Waals surface area contributed by atoms with Gasteiger partial charge in [-0.05, 0) is 36.0 Å². The van der Waals surface area contributed by atoms with Crippen LogP contribution in [-0.4, -0.2) is 34.6 Å². The largest absolute Gasteiger partial charge is 0.465 e. The summed E-state index contributed by atoms with van der Waals surface area (Å²) in [4.78, 5) is 46.2. The van der Waals surface area contributed by atoms with E-state index in [0.29, 0.717) is 40.5 Å². The molecular weight excluding hydrogens is 450 g/mol. The zero-order chi connectivity index (χ0) is 24.5. The quantitative estimate of drug-likeness (QED) is 0.247. The summed E-state index contributed by atoms with van der Waals surface area (Å²) in [6.45, 7) is 6.31. The van der Waals surface area contributed by atoms with Crippen molar-refractivity contribution in [1.29, 1.82) is 0 Å². The number of anilines is 1. The lowest BCUT2D eigenvalue weighted by molar-refractivity contribution is -0.118. The van der Waals surface area contributed by atoms with Gasteiger partial charge in [-0.1, -0.05) is 57.5 Å². The number of aromatic nitrogens is 2. The number of unbranched alkanes of at least 4 members (excludes halogenated alkanes) is 2. The van der Waals surface area contributed by atoms with E-state index in [4.69, 9.17) is 9.72 Å². The SMILES string of the molecule is CCCCCSc1nc2c(c(=O)[nH]1)C(c1ccc(C(=O)OC)cc1)C1=C(CC(C)(C)CC1=O)N2. The number of esters is 1. The minimum absolute atomic E-state index is 0.0314. The van der Waals surface area contributed by atoms with E-state index in [1.165, 1.54) is 7.11 Å². The molecular formula is C26H31N3O4S. The summed E-state index contributed by atoms with van der Waals surface area (Å²) >= 11 is 1.54. The van der Waals surface area contributed by atoms with Crippen LogP contribution in [-0.2, 0) is 9.53 Å². The van der Waals surface area contributed by atoms with Gasteiger partial charge in [-0.15, -0.1) is 0 Å². The highest BCUT2D eigenvalue weighted by atomic mass is 32.2. The molecule has 2 N–H and O–H groups in total. The maximum Gasteiger partial charge on any atom is 0.337 e. The van der Waals surface area contributed by atoms with Crippen molar-refractivity contribution in [2.24, 2.45) is 5.41 Å². The number of benzene rings is 1. The molecule has 1 aromatic heterocycles. The number of Topliss-reactive ketones (excluding diaryl/α,β-unsaturated/α-hetero) is 1. The molecule has 1 aliphatic heterocycles. The third-order valence-corrected chi connectivity index (χ3v) is 7.31. The maximum absolute atomic E-state index is 13.3. The van der Waals surface area contributed by atoms with Crippen molar-refractivity contribution >= 4 is 29.3 Å². The molecule has 8 heteroatoms. The van der Waals surface area contributed by atoms with E-state index in [0.717, 1.165) is 36.3 Å². The molecule has 1 aliphatic carbocycles. The number of carbonyl (C=O) groups excluding carboxylic acids is 2. The van der Waals surface area contributed by atoms with Gasteiger partial charge in [0.05, 0.1) is 18.2 Å². The number of ether oxygens (including phenoxy) is 1. The van der Waals surface area contributed by atoms with Crippen molar-refractivity contribution in [1.82, 2.24) is 9.97 Å². The molecule has 7 nitrogen and oxygen atoms in total. The van der Waals surface area contributed by atoms with Crippen molar-refractivity contribution in [3.8, 4) is 0 Å². The number of methoxy groups -OCH3 is 1. The third-order valence-electron chi connectivity index (χ3n) is 6.35. The smallest absolute Gasteiger partial charge is 0.337 e. The fourth-order valence-corrected chi connectivity index (χ4v) is 5.61. The van der Waals surface area contributed by atoms with E-state index in [1.807, 2.05) is 0 Å². The summed E-state index contributed by atoms with van der Waals surface area (Å²) in [6.07, 6.45) is 4.43. The molecule has 0 bridgehead atoms. The zero-order valence-corrected chi connectivity index (χ0v) is 20.9. The van der Waals surface area contributed by atoms with Gasteiger partial charge in [0.15, 0.2) is 10.9 Å². The van der Waals surface area contributed by atoms with Crippen LogP contribution in [0, 0.1) is 5.41 Å². The molecule has 2 heterocycles. The second-order valence-electron chi connectivity index (χ2n) is 9.69. The van der Waals surface area contributed by atoms with Gasteiger partial charge in [0.25, 0.3) is 5.56 Å². The Morgan fingerprint density at radius 3 is 2.59 bits per heavy atom. The first-order valence-corrected chi connectivity index (χ1v) is 12.7. The standard InChI is InChI=1S/C26H31N3O4S/c1-5-6-7-12-34-25-28-22-21(23(31)29-25)19(15-8-10-16(11-9-15)24(32)33-4)20-17(27-22)13-26(2,3)14-18(20)30/h8-11,19H,5-7,12-14H2,1-4H3,(H2,27,28,29,31). The molecule has 2 aromatic rings. The number of hydrogen-bond acceptors (Lipinski definition) is 7. The Labute approximate surface area is 203 Å². The fraction of sp³-hybridized carbons (Fsp3) is 0.462. The third kappa shape index (κ3) is 4.82. The Kier molecular flexibility index (Phi) is 6.98. The van der Waals surface area contributed by atoms with Crippen LogP contribution in [0.3, 0.4) is 0 Å². The highest BCUT2D eigenvalue weighted by Crippen LogP contribution is 2.47. The van der Waals surface area contributed by atoms with Crippen LogP contribution in [0.25, 0.3) is 0 Å². The van der Waals surface area contributed by atoms with Gasteiger partial charge in [0.2, 0.25) is 0 Å². The Bertz CT molecular complexity index is 1200. The number of aromatic amines is 1. The minimum Gasteiger partial charge on any atom is -0.465 e. The second kappa shape index (κ2) is 9.78. The maximum atomic E-state index is 13.3. The minimum atomic E-state index is -0.545. The van der Waals surface area contributed by atoms with E-state index < -0.39 is 11.9 Å². The molecule has 2 aliphatic rings. The number of fused-ring (bicyclic) bond motifs is 1. The normalized spacial score (nSPS) is 18.7. The highest BCUT2D eigenvalue weighted by molar-refractivity contribution is 7.99. The Balaban J connectivity index is 1.80. The number of hydrogen-bond donors (Lipinski definition) is 2. The first kappa shape index (κ1) is 24.3. The number of nitrogens with zero attached hydrogens (tertiary/aromatic N) is 1. The second-order valence-corrected chi connectivity index (χ2v) is 10.8. The van der Waals surface area contributed by atoms with E-state index in [9.17, 15) is 14.4 Å². The van der Waals surface area contributed by atoms with Gasteiger partial charge in [0, 0.05) is 29.4 Å². The van der Waals surface area contributed by atoms with Crippen LogP contribution >= 0.6 is 11.8 Å². The monoisotopic (exact) mass is 481 g/mol. The Hall–Kier alpha value is -2.87. The number of thioether (sulfide) groups is 1. The van der Waals surface area contributed by atoms with Gasteiger partial charge in [-0.2, -0.15) is 0 Å². The molecule has 34 heavy (non-hydrogen) atoms. The van der Waals surface area contributed by atoms with Crippen LogP contribution in [0.1, 0.15) is 80.3 Å². The van der Waals surface area contributed by atoms with Crippen LogP contribution in [0.4, 0.5) is 5.82 Å². The van der Waals surface area contributed by atoms with Gasteiger partial charge >= 0.3 is 5.97 Å². The average Bonchev–Trinajstić information content (AvgIpc) is 2.79. The number of carbonyl (C=O) groups is 2. The lowest BCUT2D eigenvalue weighted by Gasteiger charge is -2.38. The topological polar surface area (TPSA) is 101 Å². The van der Waals surface area contributed by atoms with Crippen molar-refractivity contribution < 1.29 is 14.3 Å². The van der Waals surface area contributed by atoms with Crippen LogP contribution < -0.4 is 10.9 Å². The molecule has 1 aromatic carbocycles. The van der Waals surface area contributed by atoms with Crippen molar-refractivity contribution in [2.75, 3.05) is 18.2 Å². The highest BCUT2D eigenvalue weighted by Gasteiger charge is 2.42. The van der Waals surface area contributed by atoms with E-state index >= 15 is 0 Å². The molecule has 1 atom stereocenters. The van der Waals surface area contributed by atoms with Gasteiger partial charge in [-0.3, -0.25) is 9.59 Å². The van der Waals surface area contributed by atoms with Crippen LogP contribution in [0.5, 0.6) is 0 Å². The predicted molar refractivity (Wildman–Crippen MR) is 133 cm³/mol. The summed E-state index contributed by atoms with van der Waals surface area (Å²) in [5, 5.41) is 3.93. The molecule has 0 radical (unpaired) electrons. The van der Waals surface area contributed by atoms with Crippen molar-refractivity contribution in [2.45, 2.75) is 63.9 Å². The molecule has 1 unspecified atom stereocenters. The molecule has 4 rings (SSSR count). The summed E-state index contributed by atoms with van der Waals surface area (Å²) in [7, 11) is 1.34. The summed E-state index contributed by atoms with van der Waals surface area (Å²) in [6, 6.07) is 6.91.